The largest absolute Gasteiger partial charge is 0.215 e. The van der Waals surface area contributed by atoms with Gasteiger partial charge >= 0.3 is 0 Å². The predicted molar refractivity (Wildman–Crippen MR) is 69.8 cm³/mol. The maximum absolute atomic E-state index is 11.8. The minimum atomic E-state index is -3.27. The summed E-state index contributed by atoms with van der Waals surface area (Å²) in [4.78, 5) is 0. The van der Waals surface area contributed by atoms with Crippen LogP contribution in [0.2, 0.25) is 0 Å². The van der Waals surface area contributed by atoms with Crippen LogP contribution in [0.15, 0.2) is 30.3 Å². The van der Waals surface area contributed by atoms with Crippen molar-refractivity contribution >= 4 is 10.0 Å². The third kappa shape index (κ3) is 4.76. The molecule has 1 aromatic heterocycles. The van der Waals surface area contributed by atoms with Gasteiger partial charge in [0.05, 0.1) is 5.75 Å². The van der Waals surface area contributed by atoms with E-state index in [1.165, 1.54) is 0 Å². The summed E-state index contributed by atoms with van der Waals surface area (Å²) in [6.07, 6.45) is 0.916. The first-order chi connectivity index (χ1) is 9.16. The fourth-order valence-electron chi connectivity index (χ4n) is 1.58. The molecule has 8 heteroatoms. The fourth-order valence-corrected chi connectivity index (χ4v) is 2.64. The summed E-state index contributed by atoms with van der Waals surface area (Å²) in [7, 11) is -3.27. The highest BCUT2D eigenvalue weighted by atomic mass is 32.2. The first-order valence-corrected chi connectivity index (χ1v) is 7.54. The van der Waals surface area contributed by atoms with Crippen LogP contribution in [0.25, 0.3) is 0 Å². The van der Waals surface area contributed by atoms with Crippen molar-refractivity contribution in [1.29, 1.82) is 0 Å². The van der Waals surface area contributed by atoms with Gasteiger partial charge in [0.2, 0.25) is 10.0 Å². The molecule has 0 bridgehead atoms. The Balaban J connectivity index is 1.76. The number of benzene rings is 1. The van der Waals surface area contributed by atoms with Crippen molar-refractivity contribution in [3.8, 4) is 0 Å². The summed E-state index contributed by atoms with van der Waals surface area (Å²) in [6.45, 7) is 0.274. The Hall–Kier alpha value is -1.80. The molecule has 0 fully saturated rings. The van der Waals surface area contributed by atoms with Gasteiger partial charge in [-0.2, -0.15) is 5.21 Å². The number of aromatic nitrogens is 4. The van der Waals surface area contributed by atoms with E-state index in [2.05, 4.69) is 25.3 Å². The molecule has 0 aliphatic heterocycles. The molecular weight excluding hydrogens is 266 g/mol. The predicted octanol–water partition coefficient (Wildman–Crippen LogP) is -0.0957. The zero-order chi connectivity index (χ0) is 13.6. The minimum absolute atomic E-state index is 0.0727. The van der Waals surface area contributed by atoms with Gasteiger partial charge in [-0.3, -0.25) is 0 Å². The molecule has 2 N–H and O–H groups in total. The Morgan fingerprint density at radius 1 is 1.16 bits per heavy atom. The van der Waals surface area contributed by atoms with Crippen molar-refractivity contribution in [3.05, 3.63) is 41.7 Å². The lowest BCUT2D eigenvalue weighted by molar-refractivity contribution is 0.580. The van der Waals surface area contributed by atoms with Crippen LogP contribution in [-0.4, -0.2) is 41.3 Å². The van der Waals surface area contributed by atoms with Crippen LogP contribution in [0, 0.1) is 0 Å². The molecule has 0 atom stereocenters. The van der Waals surface area contributed by atoms with E-state index >= 15 is 0 Å². The quantitative estimate of drug-likeness (QED) is 0.738. The number of rotatable bonds is 7. The molecular formula is C11H15N5O2S. The second-order valence-corrected chi connectivity index (χ2v) is 5.95. The number of aromatic amines is 1. The van der Waals surface area contributed by atoms with Crippen molar-refractivity contribution in [2.45, 2.75) is 12.8 Å². The fraction of sp³-hybridized carbons (Fsp3) is 0.364. The van der Waals surface area contributed by atoms with Crippen molar-refractivity contribution in [3.63, 3.8) is 0 Å². The number of aryl methyl sites for hydroxylation is 1. The van der Waals surface area contributed by atoms with Crippen molar-refractivity contribution in [2.24, 2.45) is 0 Å². The Morgan fingerprint density at radius 2 is 1.95 bits per heavy atom. The van der Waals surface area contributed by atoms with Crippen molar-refractivity contribution in [1.82, 2.24) is 25.3 Å². The minimum Gasteiger partial charge on any atom is -0.215 e. The molecule has 2 rings (SSSR count). The molecule has 102 valence electrons. The molecule has 0 saturated heterocycles. The third-order valence-corrected chi connectivity index (χ3v) is 3.95. The Bertz CT molecular complexity index is 583. The van der Waals surface area contributed by atoms with Crippen LogP contribution in [0.5, 0.6) is 0 Å². The van der Waals surface area contributed by atoms with E-state index in [4.69, 9.17) is 0 Å². The van der Waals surface area contributed by atoms with Crippen LogP contribution in [0.4, 0.5) is 0 Å². The summed E-state index contributed by atoms with van der Waals surface area (Å²) in [5.74, 6) is 0.564. The lowest BCUT2D eigenvalue weighted by Crippen LogP contribution is -2.29. The highest BCUT2D eigenvalue weighted by molar-refractivity contribution is 7.89. The Morgan fingerprint density at radius 3 is 2.63 bits per heavy atom. The second kappa shape index (κ2) is 6.39. The lowest BCUT2D eigenvalue weighted by atomic mass is 10.2. The number of hydrogen-bond donors (Lipinski definition) is 2. The normalized spacial score (nSPS) is 11.6. The highest BCUT2D eigenvalue weighted by Crippen LogP contribution is 2.01. The van der Waals surface area contributed by atoms with Crippen LogP contribution < -0.4 is 4.72 Å². The van der Waals surface area contributed by atoms with E-state index in [9.17, 15) is 8.42 Å². The van der Waals surface area contributed by atoms with Gasteiger partial charge in [0, 0.05) is 13.0 Å². The molecule has 1 aromatic carbocycles. The Labute approximate surface area is 111 Å². The molecule has 2 aromatic rings. The summed E-state index contributed by atoms with van der Waals surface area (Å²) >= 11 is 0. The number of nitrogens with one attached hydrogen (secondary N) is 2. The molecule has 19 heavy (non-hydrogen) atoms. The van der Waals surface area contributed by atoms with E-state index in [0.717, 1.165) is 5.56 Å². The van der Waals surface area contributed by atoms with Gasteiger partial charge < -0.3 is 0 Å². The molecule has 0 saturated carbocycles. The average Bonchev–Trinajstić information content (AvgIpc) is 2.91. The van der Waals surface area contributed by atoms with E-state index in [1.807, 2.05) is 30.3 Å². The Kier molecular flexibility index (Phi) is 4.58. The number of H-pyrrole nitrogens is 1. The summed E-state index contributed by atoms with van der Waals surface area (Å²) in [6, 6.07) is 9.52. The topological polar surface area (TPSA) is 101 Å². The van der Waals surface area contributed by atoms with Crippen LogP contribution in [-0.2, 0) is 22.9 Å². The zero-order valence-electron chi connectivity index (χ0n) is 10.3. The summed E-state index contributed by atoms with van der Waals surface area (Å²) in [5, 5.41) is 13.2. The standard InChI is InChI=1S/C11H15N5O2S/c17-19(18,9-7-10-4-2-1-3-5-10)12-8-6-11-13-15-16-14-11/h1-5,12H,6-9H2,(H,13,14,15,16). The first kappa shape index (κ1) is 13.6. The van der Waals surface area contributed by atoms with Crippen LogP contribution in [0.1, 0.15) is 11.4 Å². The molecule has 1 heterocycles. The van der Waals surface area contributed by atoms with Gasteiger partial charge in [-0.25, -0.2) is 13.1 Å². The summed E-state index contributed by atoms with van der Waals surface area (Å²) < 4.78 is 26.0. The van der Waals surface area contributed by atoms with Crippen LogP contribution >= 0.6 is 0 Å². The first-order valence-electron chi connectivity index (χ1n) is 5.89. The molecule has 0 aliphatic carbocycles. The number of sulfonamides is 1. The lowest BCUT2D eigenvalue weighted by Gasteiger charge is -2.05. The van der Waals surface area contributed by atoms with Gasteiger partial charge in [0.15, 0.2) is 5.82 Å². The molecule has 0 amide bonds. The third-order valence-electron chi connectivity index (χ3n) is 2.56. The summed E-state index contributed by atoms with van der Waals surface area (Å²) in [5.41, 5.74) is 1.01. The van der Waals surface area contributed by atoms with E-state index in [0.29, 0.717) is 18.7 Å². The van der Waals surface area contributed by atoms with Gasteiger partial charge in [0.1, 0.15) is 0 Å². The smallest absolute Gasteiger partial charge is 0.211 e. The molecule has 0 aliphatic rings. The number of nitrogens with zero attached hydrogens (tertiary/aromatic N) is 3. The highest BCUT2D eigenvalue weighted by Gasteiger charge is 2.10. The van der Waals surface area contributed by atoms with Gasteiger partial charge in [-0.1, -0.05) is 35.5 Å². The van der Waals surface area contributed by atoms with E-state index < -0.39 is 10.0 Å². The average molecular weight is 281 g/mol. The van der Waals surface area contributed by atoms with Gasteiger partial charge in [0.25, 0.3) is 0 Å². The molecule has 0 radical (unpaired) electrons. The van der Waals surface area contributed by atoms with E-state index in [-0.39, 0.29) is 12.3 Å². The maximum Gasteiger partial charge on any atom is 0.211 e. The molecule has 0 unspecified atom stereocenters. The van der Waals surface area contributed by atoms with Gasteiger partial charge in [-0.05, 0) is 12.0 Å². The monoisotopic (exact) mass is 281 g/mol. The zero-order valence-corrected chi connectivity index (χ0v) is 11.1. The SMILES string of the molecule is O=S(=O)(CCc1ccccc1)NCCc1nn[nH]n1. The number of tetrazole rings is 1. The second-order valence-electron chi connectivity index (χ2n) is 4.03. The van der Waals surface area contributed by atoms with Gasteiger partial charge in [-0.15, -0.1) is 10.2 Å². The molecule has 7 nitrogen and oxygen atoms in total. The number of hydrogen-bond acceptors (Lipinski definition) is 5. The van der Waals surface area contributed by atoms with Crippen molar-refractivity contribution < 1.29 is 8.42 Å². The van der Waals surface area contributed by atoms with Crippen LogP contribution in [0.3, 0.4) is 0 Å². The molecule has 0 spiro atoms. The van der Waals surface area contributed by atoms with Crippen molar-refractivity contribution in [2.75, 3.05) is 12.3 Å². The maximum atomic E-state index is 11.8. The van der Waals surface area contributed by atoms with E-state index in [1.54, 1.807) is 0 Å².